The third-order valence-corrected chi connectivity index (χ3v) is 10.2. The maximum absolute atomic E-state index is 12.8. The topological polar surface area (TPSA) is 183 Å². The Hall–Kier alpha value is -4.38. The average molecular weight is 926 g/mol. The van der Waals surface area contributed by atoms with Crippen LogP contribution in [0.5, 0.6) is 0 Å². The van der Waals surface area contributed by atoms with Crippen LogP contribution in [0.1, 0.15) is 52.7 Å². The van der Waals surface area contributed by atoms with Gasteiger partial charge in [0, 0.05) is 68.5 Å². The number of pyridine rings is 2. The van der Waals surface area contributed by atoms with Gasteiger partial charge in [0.1, 0.15) is 28.2 Å². The van der Waals surface area contributed by atoms with E-state index in [1.165, 1.54) is 12.0 Å². The Kier molecular flexibility index (Phi) is 11.3. The maximum Gasteiger partial charge on any atom is 0.410 e. The minimum Gasteiger partial charge on any atom is -0.468 e. The van der Waals surface area contributed by atoms with Crippen LogP contribution in [-0.2, 0) is 51.7 Å². The largest absolute Gasteiger partial charge is 0.468 e. The molecule has 292 valence electrons. The van der Waals surface area contributed by atoms with E-state index in [9.17, 15) is 29.3 Å². The predicted octanol–water partition coefficient (Wildman–Crippen LogP) is 7.00. The second kappa shape index (κ2) is 14.9. The number of nitrogens with one attached hydrogen (secondary N) is 1. The van der Waals surface area contributed by atoms with E-state index in [4.69, 9.17) is 14.2 Å². The van der Waals surface area contributed by atoms with Gasteiger partial charge in [-0.05, 0) is 77.9 Å². The fourth-order valence-electron chi connectivity index (χ4n) is 6.93. The Morgan fingerprint density at radius 3 is 1.76 bits per heavy atom. The summed E-state index contributed by atoms with van der Waals surface area (Å²) in [5.74, 6) is -0.746. The molecule has 0 bridgehead atoms. The van der Waals surface area contributed by atoms with Gasteiger partial charge in [-0.1, -0.05) is 31.9 Å². The summed E-state index contributed by atoms with van der Waals surface area (Å²) in [6, 6.07) is 10.9. The van der Waals surface area contributed by atoms with Crippen molar-refractivity contribution in [3.63, 3.8) is 0 Å². The molecule has 3 aliphatic rings. The first-order valence-electron chi connectivity index (χ1n) is 16.9. The van der Waals surface area contributed by atoms with E-state index in [0.717, 1.165) is 32.8 Å². The van der Waals surface area contributed by atoms with Crippen molar-refractivity contribution in [1.82, 2.24) is 19.8 Å². The summed E-state index contributed by atoms with van der Waals surface area (Å²) >= 11 is 6.84. The molecule has 3 amide bonds. The Morgan fingerprint density at radius 2 is 1.29 bits per heavy atom. The standard InChI is InChI=1S/C19H20BrN3O6.C18H18BrN3O3.Fe/c1-18(2,3)29-17(25)22-9-19(10-22,16(24)28-4)15-12-7-11(20)5-6-13(12)21-8-14(15)23(26)27;1-17(2,3)25-16(24)22-8-18(9-22)14-11-6-10(19)4-5-12(11)20-7-13(14)21-15(18)23;/h5-8H,9-10H2,1-4H3;4-7H,8-9H2,1-3H3,(H,21,23);. The zero-order valence-electron chi connectivity index (χ0n) is 31.0. The quantitative estimate of drug-likeness (QED) is 0.0734. The van der Waals surface area contributed by atoms with E-state index < -0.39 is 39.0 Å². The molecular formula is C37H38Br2FeN6O9. The van der Waals surface area contributed by atoms with Crippen LogP contribution in [0, 0.1) is 10.1 Å². The minimum atomic E-state index is -1.39. The molecule has 1 N–H and O–H groups in total. The Bertz CT molecular complexity index is 2250. The molecule has 5 heterocycles. The van der Waals surface area contributed by atoms with Crippen LogP contribution >= 0.6 is 31.9 Å². The number of carbonyl (C=O) groups excluding carboxylic acids is 4. The molecule has 2 saturated heterocycles. The number of amides is 3. The summed E-state index contributed by atoms with van der Waals surface area (Å²) in [6.45, 7) is 11.1. The number of carbonyl (C=O) groups is 4. The van der Waals surface area contributed by atoms with Gasteiger partial charge < -0.3 is 29.3 Å². The van der Waals surface area contributed by atoms with Crippen LogP contribution in [0.4, 0.5) is 21.0 Å². The zero-order chi connectivity index (χ0) is 39.5. The predicted molar refractivity (Wildman–Crippen MR) is 205 cm³/mol. The second-order valence-corrected chi connectivity index (χ2v) is 17.3. The van der Waals surface area contributed by atoms with Crippen LogP contribution in [0.15, 0.2) is 57.7 Å². The van der Waals surface area contributed by atoms with Gasteiger partial charge in [-0.15, -0.1) is 0 Å². The van der Waals surface area contributed by atoms with Crippen LogP contribution in [0.3, 0.4) is 0 Å². The van der Waals surface area contributed by atoms with Crippen LogP contribution in [-0.4, -0.2) is 93.2 Å². The average Bonchev–Trinajstić information content (AvgIpc) is 3.34. The summed E-state index contributed by atoms with van der Waals surface area (Å²) in [5.41, 5.74) is -0.544. The molecule has 0 unspecified atom stereocenters. The van der Waals surface area contributed by atoms with Crippen molar-refractivity contribution in [2.24, 2.45) is 0 Å². The van der Waals surface area contributed by atoms with Gasteiger partial charge in [0.2, 0.25) is 5.91 Å². The van der Waals surface area contributed by atoms with Gasteiger partial charge in [0.15, 0.2) is 0 Å². The van der Waals surface area contributed by atoms with Crippen molar-refractivity contribution in [3.8, 4) is 0 Å². The number of methoxy groups -OCH3 is 1. The van der Waals surface area contributed by atoms with Gasteiger partial charge in [-0.2, -0.15) is 0 Å². The van der Waals surface area contributed by atoms with Gasteiger partial charge in [0.25, 0.3) is 5.69 Å². The number of nitrogens with zero attached hydrogens (tertiary/aromatic N) is 5. The molecule has 0 radical (unpaired) electrons. The molecule has 2 fully saturated rings. The molecule has 0 atom stereocenters. The monoisotopic (exact) mass is 924 g/mol. The van der Waals surface area contributed by atoms with Gasteiger partial charge in [-0.25, -0.2) is 14.6 Å². The first kappa shape index (κ1) is 41.8. The number of ether oxygens (including phenoxy) is 3. The fourth-order valence-corrected chi connectivity index (χ4v) is 7.66. The van der Waals surface area contributed by atoms with Crippen molar-refractivity contribution in [2.75, 3.05) is 38.6 Å². The van der Waals surface area contributed by atoms with E-state index in [2.05, 4.69) is 47.1 Å². The van der Waals surface area contributed by atoms with Crippen molar-refractivity contribution in [1.29, 1.82) is 0 Å². The Morgan fingerprint density at radius 1 is 0.818 bits per heavy atom. The molecule has 0 saturated carbocycles. The van der Waals surface area contributed by atoms with E-state index in [1.54, 1.807) is 50.1 Å². The van der Waals surface area contributed by atoms with Crippen molar-refractivity contribution >= 4 is 89.1 Å². The van der Waals surface area contributed by atoms with Crippen LogP contribution in [0.2, 0.25) is 0 Å². The Balaban J connectivity index is 0.000000209. The summed E-state index contributed by atoms with van der Waals surface area (Å²) < 4.78 is 17.3. The Labute approximate surface area is 343 Å². The molecule has 7 rings (SSSR count). The van der Waals surface area contributed by atoms with E-state index in [1.807, 2.05) is 39.0 Å². The molecule has 3 aliphatic heterocycles. The zero-order valence-corrected chi connectivity index (χ0v) is 35.2. The third-order valence-electron chi connectivity index (χ3n) is 9.20. The fraction of sp³-hybridized carbons (Fsp3) is 0.405. The number of halogens is 2. The molecule has 1 spiro atoms. The maximum atomic E-state index is 12.8. The first-order valence-corrected chi connectivity index (χ1v) is 18.4. The molecule has 2 aromatic carbocycles. The molecular weight excluding hydrogens is 888 g/mol. The van der Waals surface area contributed by atoms with E-state index >= 15 is 0 Å². The van der Waals surface area contributed by atoms with E-state index in [-0.39, 0.29) is 53.4 Å². The summed E-state index contributed by atoms with van der Waals surface area (Å²) in [5, 5.41) is 16.0. The van der Waals surface area contributed by atoms with Crippen LogP contribution < -0.4 is 5.32 Å². The van der Waals surface area contributed by atoms with Gasteiger partial charge in [-0.3, -0.25) is 24.7 Å². The number of aromatic nitrogens is 2. The molecule has 2 aromatic heterocycles. The number of hydrogen-bond acceptors (Lipinski definition) is 11. The smallest absolute Gasteiger partial charge is 0.410 e. The number of likely N-dealkylation sites (tertiary alicyclic amines) is 2. The normalized spacial score (nSPS) is 16.4. The minimum absolute atomic E-state index is 0. The van der Waals surface area contributed by atoms with Crippen LogP contribution in [0.25, 0.3) is 21.8 Å². The molecule has 4 aromatic rings. The number of benzene rings is 2. The first-order chi connectivity index (χ1) is 25.2. The molecule has 55 heavy (non-hydrogen) atoms. The number of esters is 1. The van der Waals surface area contributed by atoms with Crippen molar-refractivity contribution in [3.05, 3.63) is 79.0 Å². The number of hydrogen-bond donors (Lipinski definition) is 1. The van der Waals surface area contributed by atoms with Gasteiger partial charge in [0.05, 0.1) is 40.5 Å². The summed E-state index contributed by atoms with van der Waals surface area (Å²) in [7, 11) is 1.21. The summed E-state index contributed by atoms with van der Waals surface area (Å²) in [4.78, 5) is 72.8. The SMILES string of the molecule is CC(C)(C)OC(=O)N1CC2(C1)C(=O)Nc1cnc3ccc(Br)cc3c12.COC(=O)C1(c2c([N+](=O)[O-])cnc3ccc(Br)cc23)CN(C(=O)OC(C)(C)C)C1.[Fe]. The van der Waals surface area contributed by atoms with Gasteiger partial charge >= 0.3 is 18.2 Å². The van der Waals surface area contributed by atoms with Crippen molar-refractivity contribution < 1.29 is 55.4 Å². The second-order valence-electron chi connectivity index (χ2n) is 15.4. The molecule has 15 nitrogen and oxygen atoms in total. The number of rotatable bonds is 3. The molecule has 0 aliphatic carbocycles. The summed E-state index contributed by atoms with van der Waals surface area (Å²) in [6.07, 6.45) is 1.83. The third kappa shape index (κ3) is 7.86. The number of nitro groups is 1. The number of fused-ring (bicyclic) bond motifs is 5. The van der Waals surface area contributed by atoms with Crippen molar-refractivity contribution in [2.45, 2.75) is 63.6 Å². The molecule has 18 heteroatoms. The number of anilines is 1. The van der Waals surface area contributed by atoms with E-state index in [0.29, 0.717) is 28.5 Å².